The first-order valence-electron chi connectivity index (χ1n) is 5.70. The van der Waals surface area contributed by atoms with Crippen LogP contribution < -0.4 is 5.43 Å². The molecule has 0 amide bonds. The van der Waals surface area contributed by atoms with Gasteiger partial charge in [-0.05, 0) is 31.5 Å². The first-order chi connectivity index (χ1) is 7.85. The van der Waals surface area contributed by atoms with Gasteiger partial charge in [0, 0.05) is 24.5 Å². The first-order valence-corrected chi connectivity index (χ1v) is 5.70. The summed E-state index contributed by atoms with van der Waals surface area (Å²) in [6.45, 7) is 1.08. The van der Waals surface area contributed by atoms with Crippen molar-refractivity contribution < 1.29 is 0 Å². The Morgan fingerprint density at radius 1 is 1.50 bits per heavy atom. The third-order valence-electron chi connectivity index (χ3n) is 3.10. The van der Waals surface area contributed by atoms with Crippen LogP contribution in [0.5, 0.6) is 0 Å². The lowest BCUT2D eigenvalue weighted by Gasteiger charge is -2.35. The zero-order valence-electron chi connectivity index (χ0n) is 9.61. The summed E-state index contributed by atoms with van der Waals surface area (Å²) in [7, 11) is 1.97. The van der Waals surface area contributed by atoms with E-state index in [1.54, 1.807) is 6.20 Å². The van der Waals surface area contributed by atoms with Gasteiger partial charge in [-0.1, -0.05) is 12.3 Å². The minimum atomic E-state index is 0.402. The molecule has 1 fully saturated rings. The van der Waals surface area contributed by atoms with Crippen LogP contribution >= 0.6 is 0 Å². The van der Waals surface area contributed by atoms with Crippen LogP contribution in [0.2, 0.25) is 0 Å². The molecule has 3 heteroatoms. The van der Waals surface area contributed by atoms with Gasteiger partial charge < -0.3 is 0 Å². The van der Waals surface area contributed by atoms with Crippen molar-refractivity contribution in [3.05, 3.63) is 29.6 Å². The maximum absolute atomic E-state index is 5.40. The third-order valence-corrected chi connectivity index (χ3v) is 3.10. The van der Waals surface area contributed by atoms with Crippen molar-refractivity contribution in [2.24, 2.45) is 0 Å². The number of pyridine rings is 1. The second-order valence-electron chi connectivity index (χ2n) is 4.08. The first kappa shape index (κ1) is 11.1. The maximum atomic E-state index is 5.40. The number of nitrogens with one attached hydrogen (secondary N) is 1. The van der Waals surface area contributed by atoms with Crippen LogP contribution in [-0.2, 0) is 0 Å². The molecule has 2 rings (SSSR count). The molecule has 1 aliphatic heterocycles. The van der Waals surface area contributed by atoms with Crippen molar-refractivity contribution in [1.29, 1.82) is 0 Å². The van der Waals surface area contributed by atoms with Gasteiger partial charge in [-0.15, -0.1) is 6.42 Å². The Kier molecular flexibility index (Phi) is 3.55. The van der Waals surface area contributed by atoms with Crippen LogP contribution in [0.25, 0.3) is 0 Å². The molecule has 2 heterocycles. The van der Waals surface area contributed by atoms with E-state index in [-0.39, 0.29) is 0 Å². The molecule has 84 valence electrons. The molecule has 0 unspecified atom stereocenters. The summed E-state index contributed by atoms with van der Waals surface area (Å²) in [6.07, 6.45) is 12.7. The Bertz CT molecular complexity index is 394. The quantitative estimate of drug-likeness (QED) is 0.761. The summed E-state index contributed by atoms with van der Waals surface area (Å²) >= 11 is 0. The Balaban J connectivity index is 2.24. The maximum Gasteiger partial charge on any atom is 0.0508 e. The predicted octanol–water partition coefficient (Wildman–Crippen LogP) is 1.72. The molecule has 0 saturated carbocycles. The Morgan fingerprint density at radius 3 is 3.12 bits per heavy atom. The van der Waals surface area contributed by atoms with E-state index in [9.17, 15) is 0 Å². The third kappa shape index (κ3) is 2.24. The Hall–Kier alpha value is -1.37. The highest BCUT2D eigenvalue weighted by Gasteiger charge is 2.23. The van der Waals surface area contributed by atoms with Gasteiger partial charge in [-0.3, -0.25) is 10.4 Å². The van der Waals surface area contributed by atoms with Crippen molar-refractivity contribution in [2.45, 2.75) is 25.3 Å². The fourth-order valence-electron chi connectivity index (χ4n) is 2.26. The summed E-state index contributed by atoms with van der Waals surface area (Å²) in [5.41, 5.74) is 5.32. The second kappa shape index (κ2) is 5.11. The van der Waals surface area contributed by atoms with E-state index in [1.807, 2.05) is 13.2 Å². The van der Waals surface area contributed by atoms with Gasteiger partial charge in [-0.2, -0.15) is 0 Å². The molecule has 1 aromatic heterocycles. The fourth-order valence-corrected chi connectivity index (χ4v) is 2.26. The lowest BCUT2D eigenvalue weighted by atomic mass is 9.97. The summed E-state index contributed by atoms with van der Waals surface area (Å²) in [6, 6.07) is 2.47. The minimum Gasteiger partial charge on any atom is -0.263 e. The molecule has 0 bridgehead atoms. The molecular formula is C13H17N3. The Morgan fingerprint density at radius 2 is 2.38 bits per heavy atom. The molecule has 1 N–H and O–H groups in total. The zero-order chi connectivity index (χ0) is 11.4. The molecule has 16 heavy (non-hydrogen) atoms. The number of rotatable bonds is 2. The zero-order valence-corrected chi connectivity index (χ0v) is 9.61. The lowest BCUT2D eigenvalue weighted by molar-refractivity contribution is 0.0982. The standard InChI is InChI=1S/C13H17N3/c1-3-11-8-12(10-15-9-11)13-6-4-5-7-16(13)14-2/h1,8-10,13-14H,4-7H2,2H3/t13-/m1/s1. The largest absolute Gasteiger partial charge is 0.263 e. The van der Waals surface area contributed by atoms with E-state index < -0.39 is 0 Å². The van der Waals surface area contributed by atoms with Crippen LogP contribution in [0.4, 0.5) is 0 Å². The number of aromatic nitrogens is 1. The Labute approximate surface area is 96.8 Å². The average Bonchev–Trinajstić information content (AvgIpc) is 2.38. The molecule has 0 spiro atoms. The lowest BCUT2D eigenvalue weighted by Crippen LogP contribution is -2.41. The van der Waals surface area contributed by atoms with Gasteiger partial charge >= 0.3 is 0 Å². The smallest absolute Gasteiger partial charge is 0.0508 e. The van der Waals surface area contributed by atoms with Crippen LogP contribution in [-0.4, -0.2) is 23.6 Å². The SMILES string of the molecule is C#Cc1cncc([C@H]2CCCCN2NC)c1. The molecule has 0 radical (unpaired) electrons. The number of hydrogen-bond acceptors (Lipinski definition) is 3. The van der Waals surface area contributed by atoms with Crippen molar-refractivity contribution in [3.63, 3.8) is 0 Å². The number of terminal acetylenes is 1. The van der Waals surface area contributed by atoms with E-state index in [0.717, 1.165) is 18.5 Å². The topological polar surface area (TPSA) is 28.2 Å². The highest BCUT2D eigenvalue weighted by Crippen LogP contribution is 2.28. The van der Waals surface area contributed by atoms with E-state index in [4.69, 9.17) is 6.42 Å². The number of hydrogen-bond donors (Lipinski definition) is 1. The van der Waals surface area contributed by atoms with Gasteiger partial charge in [0.05, 0.1) is 6.04 Å². The molecule has 0 aliphatic carbocycles. The van der Waals surface area contributed by atoms with E-state index in [2.05, 4.69) is 27.4 Å². The van der Waals surface area contributed by atoms with Crippen molar-refractivity contribution in [3.8, 4) is 12.3 Å². The molecular weight excluding hydrogens is 198 g/mol. The van der Waals surface area contributed by atoms with Crippen LogP contribution in [0.15, 0.2) is 18.5 Å². The summed E-state index contributed by atoms with van der Waals surface area (Å²) in [5, 5.41) is 2.26. The van der Waals surface area contributed by atoms with Gasteiger partial charge in [0.1, 0.15) is 0 Å². The van der Waals surface area contributed by atoms with Crippen molar-refractivity contribution >= 4 is 0 Å². The van der Waals surface area contributed by atoms with Crippen LogP contribution in [0.1, 0.15) is 36.4 Å². The molecule has 1 aromatic rings. The highest BCUT2D eigenvalue weighted by atomic mass is 15.5. The number of hydrazine groups is 1. The van der Waals surface area contributed by atoms with E-state index in [1.165, 1.54) is 18.4 Å². The predicted molar refractivity (Wildman–Crippen MR) is 64.5 cm³/mol. The molecule has 1 aliphatic rings. The summed E-state index contributed by atoms with van der Waals surface area (Å²) in [4.78, 5) is 4.20. The molecule has 1 saturated heterocycles. The van der Waals surface area contributed by atoms with E-state index in [0.29, 0.717) is 6.04 Å². The second-order valence-corrected chi connectivity index (χ2v) is 4.08. The summed E-state index contributed by atoms with van der Waals surface area (Å²) < 4.78 is 0. The van der Waals surface area contributed by atoms with Crippen molar-refractivity contribution in [1.82, 2.24) is 15.4 Å². The molecule has 3 nitrogen and oxygen atoms in total. The van der Waals surface area contributed by atoms with E-state index >= 15 is 0 Å². The van der Waals surface area contributed by atoms with Crippen LogP contribution in [0.3, 0.4) is 0 Å². The minimum absolute atomic E-state index is 0.402. The molecule has 0 aromatic carbocycles. The number of piperidine rings is 1. The number of nitrogens with zero attached hydrogens (tertiary/aromatic N) is 2. The molecule has 1 atom stereocenters. The van der Waals surface area contributed by atoms with Gasteiger partial charge in [0.15, 0.2) is 0 Å². The normalized spacial score (nSPS) is 21.6. The van der Waals surface area contributed by atoms with Gasteiger partial charge in [0.2, 0.25) is 0 Å². The monoisotopic (exact) mass is 215 g/mol. The highest BCUT2D eigenvalue weighted by molar-refractivity contribution is 5.33. The average molecular weight is 215 g/mol. The summed E-state index contributed by atoms with van der Waals surface area (Å²) in [5.74, 6) is 2.64. The van der Waals surface area contributed by atoms with Crippen molar-refractivity contribution in [2.75, 3.05) is 13.6 Å². The van der Waals surface area contributed by atoms with Gasteiger partial charge in [0.25, 0.3) is 0 Å². The fraction of sp³-hybridized carbons (Fsp3) is 0.462. The van der Waals surface area contributed by atoms with Crippen LogP contribution in [0, 0.1) is 12.3 Å². The van der Waals surface area contributed by atoms with Gasteiger partial charge in [-0.25, -0.2) is 5.01 Å².